The Morgan fingerprint density at radius 1 is 0.884 bits per heavy atom. The summed E-state index contributed by atoms with van der Waals surface area (Å²) in [5.41, 5.74) is 0.0885. The topological polar surface area (TPSA) is 147 Å². The Bertz CT molecular complexity index is 1260. The predicted molar refractivity (Wildman–Crippen MR) is 151 cm³/mol. The monoisotopic (exact) mass is 597 g/mol. The van der Waals surface area contributed by atoms with Crippen molar-refractivity contribution < 1.29 is 47.9 Å². The van der Waals surface area contributed by atoms with Gasteiger partial charge >= 0.3 is 23.7 Å². The van der Waals surface area contributed by atoms with Gasteiger partial charge in [0.15, 0.2) is 0 Å². The van der Waals surface area contributed by atoms with Gasteiger partial charge in [-0.05, 0) is 73.9 Å². The summed E-state index contributed by atoms with van der Waals surface area (Å²) in [6, 6.07) is 13.1. The van der Waals surface area contributed by atoms with Crippen molar-refractivity contribution in [3.63, 3.8) is 0 Å². The molecule has 230 valence electrons. The number of alkyl carbamates (subject to hydrolysis) is 1. The number of rotatable bonds is 12. The van der Waals surface area contributed by atoms with Gasteiger partial charge in [0.1, 0.15) is 30.6 Å². The van der Waals surface area contributed by atoms with E-state index in [1.807, 2.05) is 0 Å². The molecule has 0 saturated heterocycles. The van der Waals surface area contributed by atoms with Crippen LogP contribution in [0.3, 0.4) is 0 Å². The Labute approximate surface area is 249 Å². The van der Waals surface area contributed by atoms with Crippen LogP contribution in [0.2, 0.25) is 0 Å². The van der Waals surface area contributed by atoms with Crippen LogP contribution in [0.15, 0.2) is 48.5 Å². The van der Waals surface area contributed by atoms with E-state index in [-0.39, 0.29) is 48.7 Å². The lowest BCUT2D eigenvalue weighted by atomic mass is 9.80. The lowest BCUT2D eigenvalue weighted by molar-refractivity contribution is -0.717. The Morgan fingerprint density at radius 3 is 2.09 bits per heavy atom. The summed E-state index contributed by atoms with van der Waals surface area (Å²) in [6.07, 6.45) is 4.32. The summed E-state index contributed by atoms with van der Waals surface area (Å²) in [5.74, 6) is -0.732. The molecule has 2 fully saturated rings. The molecule has 0 aliphatic heterocycles. The first-order valence-electron chi connectivity index (χ1n) is 14.4. The summed E-state index contributed by atoms with van der Waals surface area (Å²) in [4.78, 5) is 66.7. The highest BCUT2D eigenvalue weighted by atomic mass is 16.8. The first kappa shape index (κ1) is 31.5. The number of benzene rings is 2. The Hall–Kier alpha value is -4.48. The summed E-state index contributed by atoms with van der Waals surface area (Å²) in [7, 11) is 1.56. The third kappa shape index (κ3) is 8.76. The molecule has 0 heterocycles. The number of hydrogen-bond acceptors (Lipinski definition) is 10. The zero-order valence-electron chi connectivity index (χ0n) is 24.2. The minimum atomic E-state index is -1.36. The van der Waals surface area contributed by atoms with Crippen molar-refractivity contribution in [2.45, 2.75) is 82.6 Å². The number of hydrogen-bond donors (Lipinski definition) is 1. The number of carbonyl (C=O) groups is 4. The fourth-order valence-electron chi connectivity index (χ4n) is 5.33. The van der Waals surface area contributed by atoms with E-state index in [1.54, 1.807) is 43.5 Å². The standard InChI is InChI=1S/C31H36N2O10/c1-39-26-13-9-23(10-14-26)19-40-29(36)31(17-15-27(16-18-31)42-21-34)32-30(37)41-20-22-7-11-25(12-8-22)33(38)43-28(35)24-5-3-2-4-6-24/h7-14,21,24,27H,2-6,15-20H2,1H3/p+1. The number of amides is 1. The van der Waals surface area contributed by atoms with E-state index in [0.717, 1.165) is 37.7 Å². The van der Waals surface area contributed by atoms with Crippen LogP contribution in [0, 0.1) is 10.8 Å². The highest BCUT2D eigenvalue weighted by Crippen LogP contribution is 2.32. The van der Waals surface area contributed by atoms with E-state index in [1.165, 1.54) is 12.1 Å². The smallest absolute Gasteiger partial charge is 0.408 e. The molecule has 2 saturated carbocycles. The average Bonchev–Trinajstić information content (AvgIpc) is 3.04. The van der Waals surface area contributed by atoms with Gasteiger partial charge in [0.05, 0.1) is 17.9 Å². The minimum Gasteiger partial charge on any atom is -0.497 e. The molecule has 0 aromatic heterocycles. The molecular weight excluding hydrogens is 560 g/mol. The molecule has 0 atom stereocenters. The number of esters is 1. The molecule has 2 aromatic rings. The van der Waals surface area contributed by atoms with E-state index in [9.17, 15) is 24.1 Å². The van der Waals surface area contributed by atoms with Crippen LogP contribution in [-0.4, -0.2) is 48.2 Å². The summed E-state index contributed by atoms with van der Waals surface area (Å²) < 4.78 is 21.2. The summed E-state index contributed by atoms with van der Waals surface area (Å²) in [5, 5.41) is 2.69. The van der Waals surface area contributed by atoms with Crippen molar-refractivity contribution in [2.75, 3.05) is 7.11 Å². The van der Waals surface area contributed by atoms with Gasteiger partial charge in [-0.25, -0.2) is 14.4 Å². The molecule has 0 radical (unpaired) electrons. The molecule has 1 N–H and O–H groups in total. The van der Waals surface area contributed by atoms with Crippen molar-refractivity contribution in [3.05, 3.63) is 64.6 Å². The van der Waals surface area contributed by atoms with E-state index >= 15 is 0 Å². The first-order valence-corrected chi connectivity index (χ1v) is 14.4. The van der Waals surface area contributed by atoms with Crippen LogP contribution < -0.4 is 10.1 Å². The first-order chi connectivity index (χ1) is 20.8. The van der Waals surface area contributed by atoms with Crippen LogP contribution in [0.1, 0.15) is 68.9 Å². The van der Waals surface area contributed by atoms with E-state index < -0.39 is 23.6 Å². The van der Waals surface area contributed by atoms with Gasteiger partial charge < -0.3 is 24.3 Å². The third-order valence-corrected chi connectivity index (χ3v) is 7.92. The van der Waals surface area contributed by atoms with E-state index in [4.69, 9.17) is 23.8 Å². The number of ether oxygens (including phenoxy) is 4. The number of nitrogens with one attached hydrogen (secondary N) is 1. The molecular formula is C31H37N2O10+. The van der Waals surface area contributed by atoms with Gasteiger partial charge in [-0.15, -0.1) is 4.84 Å². The van der Waals surface area contributed by atoms with Gasteiger partial charge in [-0.3, -0.25) is 4.79 Å². The normalized spacial score (nSPS) is 20.3. The van der Waals surface area contributed by atoms with Crippen LogP contribution in [0.5, 0.6) is 5.75 Å². The van der Waals surface area contributed by atoms with Crippen LogP contribution >= 0.6 is 0 Å². The van der Waals surface area contributed by atoms with Crippen LogP contribution in [0.4, 0.5) is 10.5 Å². The minimum absolute atomic E-state index is 0.00534. The molecule has 0 unspecified atom stereocenters. The quantitative estimate of drug-likeness (QED) is 0.154. The highest BCUT2D eigenvalue weighted by Gasteiger charge is 2.45. The maximum absolute atomic E-state index is 13.3. The van der Waals surface area contributed by atoms with Gasteiger partial charge in [-0.1, -0.05) is 31.4 Å². The molecule has 12 nitrogen and oxygen atoms in total. The van der Waals surface area contributed by atoms with Gasteiger partial charge in [0.25, 0.3) is 11.4 Å². The fraction of sp³-hybridized carbons (Fsp3) is 0.484. The van der Waals surface area contributed by atoms with E-state index in [2.05, 4.69) is 5.32 Å². The third-order valence-electron chi connectivity index (χ3n) is 7.92. The maximum Gasteiger partial charge on any atom is 0.408 e. The van der Waals surface area contributed by atoms with Gasteiger partial charge in [0.2, 0.25) is 0 Å². The summed E-state index contributed by atoms with van der Waals surface area (Å²) >= 11 is 0. The van der Waals surface area contributed by atoms with Crippen molar-refractivity contribution >= 4 is 30.2 Å². The molecule has 2 aromatic carbocycles. The second-order valence-electron chi connectivity index (χ2n) is 10.8. The molecule has 1 amide bonds. The predicted octanol–water partition coefficient (Wildman–Crippen LogP) is 4.97. The number of nitrogens with zero attached hydrogens (tertiary/aromatic N) is 1. The second kappa shape index (κ2) is 15.1. The number of carbonyl (C=O) groups excluding carboxylic acids is 4. The van der Waals surface area contributed by atoms with Crippen molar-refractivity contribution in [1.29, 1.82) is 0 Å². The lowest BCUT2D eigenvalue weighted by Crippen LogP contribution is -2.57. The highest BCUT2D eigenvalue weighted by molar-refractivity contribution is 5.86. The van der Waals surface area contributed by atoms with E-state index in [0.29, 0.717) is 30.6 Å². The Morgan fingerprint density at radius 2 is 1.49 bits per heavy atom. The van der Waals surface area contributed by atoms with Gasteiger partial charge in [-0.2, -0.15) is 0 Å². The largest absolute Gasteiger partial charge is 0.497 e. The lowest BCUT2D eigenvalue weighted by Gasteiger charge is -2.37. The van der Waals surface area contributed by atoms with Gasteiger partial charge in [0, 0.05) is 12.1 Å². The summed E-state index contributed by atoms with van der Waals surface area (Å²) in [6.45, 7) is 0.231. The zero-order valence-corrected chi connectivity index (χ0v) is 24.2. The molecule has 2 aliphatic rings. The fourth-order valence-corrected chi connectivity index (χ4v) is 5.33. The molecule has 4 rings (SSSR count). The Balaban J connectivity index is 1.31. The number of methoxy groups -OCH3 is 1. The average molecular weight is 598 g/mol. The van der Waals surface area contributed by atoms with Crippen molar-refractivity contribution in [1.82, 2.24) is 5.32 Å². The molecule has 12 heteroatoms. The molecule has 2 aliphatic carbocycles. The van der Waals surface area contributed by atoms with Crippen LogP contribution in [0.25, 0.3) is 0 Å². The van der Waals surface area contributed by atoms with Crippen LogP contribution in [-0.2, 0) is 46.6 Å². The molecule has 43 heavy (non-hydrogen) atoms. The van der Waals surface area contributed by atoms with Crippen molar-refractivity contribution in [2.24, 2.45) is 5.92 Å². The Kier molecular flexibility index (Phi) is 11.1. The van der Waals surface area contributed by atoms with Crippen molar-refractivity contribution in [3.8, 4) is 5.75 Å². The maximum atomic E-state index is 13.3. The second-order valence-corrected chi connectivity index (χ2v) is 10.8. The molecule has 0 bridgehead atoms. The molecule has 0 spiro atoms. The zero-order chi connectivity index (χ0) is 30.7. The SMILES string of the molecule is COc1ccc(COC(=O)C2(NC(=O)OCc3ccc([N+](=O)OC(=O)C4CCCCC4)cc3)CCC(OC=O)CC2)cc1.